The van der Waals surface area contributed by atoms with Gasteiger partial charge in [0.15, 0.2) is 10.8 Å². The standard InChI is InChI=1S/C42H40N6O3S/c1-42(2,3)51-40(50)38-32(29-14-15-30-24-47(21-18-28(30)23-29)25-31-10-6-7-20-43-31)16-17-37(45-38)48-22-19-27-9-8-11-33(34(27)26-48)39(49)46-41-44-35-12-4-5-13-36(35)52-41/h4-17,20,23H,18-19,21-22,24-26H2,1-3H3,(H,44,46,49). The van der Waals surface area contributed by atoms with Gasteiger partial charge in [0.25, 0.3) is 5.91 Å². The molecule has 0 bridgehead atoms. The molecule has 0 saturated carbocycles. The van der Waals surface area contributed by atoms with E-state index in [-0.39, 0.29) is 11.6 Å². The van der Waals surface area contributed by atoms with Crippen LogP contribution >= 0.6 is 11.3 Å². The van der Waals surface area contributed by atoms with Gasteiger partial charge < -0.3 is 9.64 Å². The molecule has 3 aromatic carbocycles. The fourth-order valence-electron chi connectivity index (χ4n) is 7.05. The van der Waals surface area contributed by atoms with Crippen LogP contribution in [0.15, 0.2) is 97.2 Å². The zero-order valence-corrected chi connectivity index (χ0v) is 30.4. The predicted molar refractivity (Wildman–Crippen MR) is 206 cm³/mol. The SMILES string of the molecule is CC(C)(C)OC(=O)c1nc(N2CCc3cccc(C(=O)Nc4nc5ccccc5s4)c3C2)ccc1-c1ccc2c(c1)CCN(Cc1ccccn1)C2. The predicted octanol–water partition coefficient (Wildman–Crippen LogP) is 8.08. The Morgan fingerprint density at radius 1 is 0.846 bits per heavy atom. The number of carbonyl (C=O) groups excluding carboxylic acids is 2. The molecule has 9 nitrogen and oxygen atoms in total. The average molecular weight is 709 g/mol. The van der Waals surface area contributed by atoms with Crippen molar-refractivity contribution in [2.75, 3.05) is 23.3 Å². The molecule has 3 aromatic heterocycles. The quantitative estimate of drug-likeness (QED) is 0.166. The molecule has 0 unspecified atom stereocenters. The van der Waals surface area contributed by atoms with E-state index in [9.17, 15) is 9.59 Å². The van der Waals surface area contributed by atoms with E-state index in [1.54, 1.807) is 0 Å². The summed E-state index contributed by atoms with van der Waals surface area (Å²) in [5.74, 6) is 0.0134. The van der Waals surface area contributed by atoms with E-state index < -0.39 is 11.6 Å². The Hall–Kier alpha value is -5.45. The van der Waals surface area contributed by atoms with Gasteiger partial charge in [0.1, 0.15) is 11.4 Å². The third-order valence-corrected chi connectivity index (χ3v) is 10.5. The lowest BCUT2D eigenvalue weighted by atomic mass is 9.93. The maximum absolute atomic E-state index is 13.8. The average Bonchev–Trinajstić information content (AvgIpc) is 3.56. The summed E-state index contributed by atoms with van der Waals surface area (Å²) in [6.45, 7) is 9.37. The first-order valence-electron chi connectivity index (χ1n) is 17.7. The summed E-state index contributed by atoms with van der Waals surface area (Å²) in [6.07, 6.45) is 3.49. The number of carbonyl (C=O) groups is 2. The maximum atomic E-state index is 13.8. The van der Waals surface area contributed by atoms with Crippen LogP contribution in [0.2, 0.25) is 0 Å². The molecule has 5 heterocycles. The van der Waals surface area contributed by atoms with Gasteiger partial charge in [-0.05, 0) is 104 Å². The number of anilines is 2. The van der Waals surface area contributed by atoms with Crippen LogP contribution < -0.4 is 10.2 Å². The molecule has 1 N–H and O–H groups in total. The Balaban J connectivity index is 1.06. The summed E-state index contributed by atoms with van der Waals surface area (Å²) in [7, 11) is 0. The number of nitrogens with zero attached hydrogens (tertiary/aromatic N) is 5. The minimum Gasteiger partial charge on any atom is -0.455 e. The Bertz CT molecular complexity index is 2260. The summed E-state index contributed by atoms with van der Waals surface area (Å²) >= 11 is 1.46. The maximum Gasteiger partial charge on any atom is 0.358 e. The zero-order chi connectivity index (χ0) is 35.8. The number of fused-ring (bicyclic) bond motifs is 3. The molecule has 0 spiro atoms. The van der Waals surface area contributed by atoms with Crippen LogP contribution in [0.5, 0.6) is 0 Å². The highest BCUT2D eigenvalue weighted by Gasteiger charge is 2.28. The van der Waals surface area contributed by atoms with Gasteiger partial charge in [-0.3, -0.25) is 20.0 Å². The third kappa shape index (κ3) is 7.17. The fourth-order valence-corrected chi connectivity index (χ4v) is 7.91. The number of hydrogen-bond donors (Lipinski definition) is 1. The molecule has 0 radical (unpaired) electrons. The van der Waals surface area contributed by atoms with Gasteiger partial charge in [-0.1, -0.05) is 59.9 Å². The molecule has 1 amide bonds. The van der Waals surface area contributed by atoms with Crippen molar-refractivity contribution in [1.29, 1.82) is 0 Å². The molecular weight excluding hydrogens is 669 g/mol. The van der Waals surface area contributed by atoms with Gasteiger partial charge in [0.2, 0.25) is 0 Å². The van der Waals surface area contributed by atoms with E-state index >= 15 is 0 Å². The molecule has 52 heavy (non-hydrogen) atoms. The summed E-state index contributed by atoms with van der Waals surface area (Å²) < 4.78 is 6.93. The largest absolute Gasteiger partial charge is 0.455 e. The lowest BCUT2D eigenvalue weighted by molar-refractivity contribution is 0.00638. The molecule has 0 saturated heterocycles. The van der Waals surface area contributed by atoms with Crippen LogP contribution in [0.1, 0.15) is 69.6 Å². The van der Waals surface area contributed by atoms with Gasteiger partial charge in [0.05, 0.1) is 15.9 Å². The number of rotatable bonds is 7. The van der Waals surface area contributed by atoms with Crippen molar-refractivity contribution in [3.8, 4) is 11.1 Å². The Kier molecular flexibility index (Phi) is 9.02. The van der Waals surface area contributed by atoms with E-state index in [0.29, 0.717) is 29.6 Å². The number of benzene rings is 3. The second-order valence-corrected chi connectivity index (χ2v) is 15.4. The Morgan fingerprint density at radius 3 is 2.52 bits per heavy atom. The second-order valence-electron chi connectivity index (χ2n) is 14.4. The molecule has 0 aliphatic carbocycles. The minimum atomic E-state index is -0.686. The van der Waals surface area contributed by atoms with Crippen molar-refractivity contribution in [2.45, 2.75) is 58.8 Å². The summed E-state index contributed by atoms with van der Waals surface area (Å²) in [5.41, 5.74) is 8.45. The van der Waals surface area contributed by atoms with Crippen LogP contribution in [0.4, 0.5) is 10.9 Å². The molecule has 8 rings (SSSR count). The van der Waals surface area contributed by atoms with Gasteiger partial charge in [-0.25, -0.2) is 14.8 Å². The summed E-state index contributed by atoms with van der Waals surface area (Å²) in [4.78, 5) is 46.1. The number of nitrogens with one attached hydrogen (secondary N) is 1. The third-order valence-electron chi connectivity index (χ3n) is 9.55. The molecule has 10 heteroatoms. The molecule has 0 fully saturated rings. The Labute approximate surface area is 307 Å². The van der Waals surface area contributed by atoms with E-state index in [0.717, 1.165) is 70.6 Å². The molecule has 0 atom stereocenters. The number of thiazole rings is 1. The molecule has 6 aromatic rings. The first-order chi connectivity index (χ1) is 25.2. The van der Waals surface area contributed by atoms with Crippen LogP contribution in [-0.2, 0) is 37.2 Å². The second kappa shape index (κ2) is 13.9. The van der Waals surface area contributed by atoms with Crippen LogP contribution in [0.25, 0.3) is 21.3 Å². The minimum absolute atomic E-state index is 0.192. The van der Waals surface area contributed by atoms with Crippen molar-refractivity contribution in [3.63, 3.8) is 0 Å². The number of amides is 1. The van der Waals surface area contributed by atoms with Gasteiger partial charge in [0, 0.05) is 50.0 Å². The fraction of sp³-hybridized carbons (Fsp3) is 0.262. The van der Waals surface area contributed by atoms with Crippen molar-refractivity contribution >= 4 is 44.4 Å². The number of pyridine rings is 2. The van der Waals surface area contributed by atoms with E-state index in [1.165, 1.54) is 22.5 Å². The first kappa shape index (κ1) is 33.7. The number of ether oxygens (including phenoxy) is 1. The van der Waals surface area contributed by atoms with Gasteiger partial charge in [-0.15, -0.1) is 0 Å². The number of para-hydroxylation sites is 1. The molecule has 2 aliphatic heterocycles. The number of esters is 1. The topological polar surface area (TPSA) is 101 Å². The van der Waals surface area contributed by atoms with Gasteiger partial charge in [-0.2, -0.15) is 0 Å². The molecule has 2 aliphatic rings. The van der Waals surface area contributed by atoms with Crippen molar-refractivity contribution < 1.29 is 14.3 Å². The van der Waals surface area contributed by atoms with Crippen molar-refractivity contribution in [3.05, 3.63) is 136 Å². The number of hydrogen-bond acceptors (Lipinski definition) is 9. The highest BCUT2D eigenvalue weighted by Crippen LogP contribution is 2.33. The monoisotopic (exact) mass is 708 g/mol. The lowest BCUT2D eigenvalue weighted by Gasteiger charge is -2.31. The van der Waals surface area contributed by atoms with Crippen molar-refractivity contribution in [1.82, 2.24) is 19.9 Å². The highest BCUT2D eigenvalue weighted by molar-refractivity contribution is 7.22. The van der Waals surface area contributed by atoms with E-state index in [1.807, 2.05) is 87.6 Å². The number of aromatic nitrogens is 3. The van der Waals surface area contributed by atoms with E-state index in [2.05, 4.69) is 55.4 Å². The van der Waals surface area contributed by atoms with E-state index in [4.69, 9.17) is 9.72 Å². The van der Waals surface area contributed by atoms with Crippen LogP contribution in [0.3, 0.4) is 0 Å². The van der Waals surface area contributed by atoms with Gasteiger partial charge >= 0.3 is 5.97 Å². The smallest absolute Gasteiger partial charge is 0.358 e. The molecule has 262 valence electrons. The summed E-state index contributed by atoms with van der Waals surface area (Å²) in [5, 5.41) is 3.60. The van der Waals surface area contributed by atoms with Crippen molar-refractivity contribution in [2.24, 2.45) is 0 Å². The lowest BCUT2D eigenvalue weighted by Crippen LogP contribution is -2.33. The normalized spacial score (nSPS) is 14.5. The Morgan fingerprint density at radius 2 is 1.69 bits per heavy atom. The van der Waals surface area contributed by atoms with Crippen LogP contribution in [-0.4, -0.2) is 50.4 Å². The highest BCUT2D eigenvalue weighted by atomic mass is 32.1. The zero-order valence-electron chi connectivity index (χ0n) is 29.6. The summed E-state index contributed by atoms with van der Waals surface area (Å²) in [6, 6.07) is 30.2. The molecular formula is C42H40N6O3S. The first-order valence-corrected chi connectivity index (χ1v) is 18.5. The van der Waals surface area contributed by atoms with Crippen LogP contribution in [0, 0.1) is 0 Å².